The average molecular weight is 294 g/mol. The number of carbonyl (C=O) groups is 1. The molecule has 1 unspecified atom stereocenters. The Bertz CT molecular complexity index is 500. The molecule has 1 N–H and O–H groups in total. The van der Waals surface area contributed by atoms with Gasteiger partial charge in [-0.1, -0.05) is 6.92 Å². The van der Waals surface area contributed by atoms with Crippen LogP contribution in [0.25, 0.3) is 0 Å². The number of anilines is 1. The Labute approximate surface area is 125 Å². The molecule has 0 saturated carbocycles. The summed E-state index contributed by atoms with van der Waals surface area (Å²) in [7, 11) is 1.59. The van der Waals surface area contributed by atoms with Crippen LogP contribution in [0.4, 0.5) is 10.2 Å². The first-order valence-electron chi connectivity index (χ1n) is 7.44. The van der Waals surface area contributed by atoms with Crippen LogP contribution in [0.5, 0.6) is 0 Å². The molecule has 0 aromatic carbocycles. The van der Waals surface area contributed by atoms with Gasteiger partial charge < -0.3 is 10.2 Å². The second-order valence-electron chi connectivity index (χ2n) is 5.36. The molecule has 2 rings (SSSR count). The van der Waals surface area contributed by atoms with E-state index < -0.39 is 5.82 Å². The molecule has 1 aliphatic heterocycles. The van der Waals surface area contributed by atoms with Gasteiger partial charge >= 0.3 is 0 Å². The summed E-state index contributed by atoms with van der Waals surface area (Å²) in [4.78, 5) is 20.4. The normalized spacial score (nSPS) is 17.6. The summed E-state index contributed by atoms with van der Waals surface area (Å²) < 4.78 is 14.2. The molecule has 0 radical (unpaired) electrons. The first kappa shape index (κ1) is 15.7. The van der Waals surface area contributed by atoms with E-state index >= 15 is 0 Å². The maximum absolute atomic E-state index is 14.2. The number of carbonyl (C=O) groups excluding carboxylic acids is 1. The van der Waals surface area contributed by atoms with Crippen molar-refractivity contribution in [2.24, 2.45) is 0 Å². The van der Waals surface area contributed by atoms with Crippen molar-refractivity contribution in [1.29, 1.82) is 0 Å². The van der Waals surface area contributed by atoms with Gasteiger partial charge in [0.15, 0.2) is 11.6 Å². The molecule has 1 atom stereocenters. The summed E-state index contributed by atoms with van der Waals surface area (Å²) in [6, 6.07) is 1.97. The molecular formula is C15H23FN4O. The molecule has 0 bridgehead atoms. The Balaban J connectivity index is 2.06. The van der Waals surface area contributed by atoms with E-state index in [0.717, 1.165) is 19.5 Å². The number of hydrogen-bond donors (Lipinski definition) is 1. The fraction of sp³-hybridized carbons (Fsp3) is 0.600. The predicted molar refractivity (Wildman–Crippen MR) is 81.0 cm³/mol. The van der Waals surface area contributed by atoms with Crippen molar-refractivity contribution in [3.05, 3.63) is 23.6 Å². The minimum absolute atomic E-state index is 0.0892. The van der Waals surface area contributed by atoms with Crippen LogP contribution in [0.2, 0.25) is 0 Å². The van der Waals surface area contributed by atoms with Crippen molar-refractivity contribution in [3.8, 4) is 0 Å². The maximum atomic E-state index is 14.2. The van der Waals surface area contributed by atoms with Gasteiger partial charge in [0, 0.05) is 45.5 Å². The molecule has 1 aromatic heterocycles. The Morgan fingerprint density at radius 3 is 2.67 bits per heavy atom. The van der Waals surface area contributed by atoms with Crippen molar-refractivity contribution < 1.29 is 9.18 Å². The molecule has 5 nitrogen and oxygen atoms in total. The van der Waals surface area contributed by atoms with Crippen LogP contribution in [0, 0.1) is 5.82 Å². The molecule has 1 fully saturated rings. The lowest BCUT2D eigenvalue weighted by Crippen LogP contribution is -2.51. The summed E-state index contributed by atoms with van der Waals surface area (Å²) in [6.07, 6.45) is 2.55. The third kappa shape index (κ3) is 3.32. The zero-order chi connectivity index (χ0) is 15.4. The largest absolute Gasteiger partial charge is 0.371 e. The molecule has 1 aromatic rings. The summed E-state index contributed by atoms with van der Waals surface area (Å²) >= 11 is 0. The number of nitrogens with zero attached hydrogens (tertiary/aromatic N) is 3. The number of aromatic nitrogens is 1. The van der Waals surface area contributed by atoms with E-state index in [1.54, 1.807) is 11.9 Å². The second kappa shape index (κ2) is 6.85. The van der Waals surface area contributed by atoms with Crippen LogP contribution in [0.15, 0.2) is 12.3 Å². The molecule has 6 heteroatoms. The van der Waals surface area contributed by atoms with Gasteiger partial charge in [0.25, 0.3) is 5.91 Å². The van der Waals surface area contributed by atoms with Crippen molar-refractivity contribution in [1.82, 2.24) is 14.8 Å². The van der Waals surface area contributed by atoms with Gasteiger partial charge in [-0.25, -0.2) is 9.37 Å². The summed E-state index contributed by atoms with van der Waals surface area (Å²) in [5, 5.41) is 2.66. The lowest BCUT2D eigenvalue weighted by atomic mass is 10.1. The average Bonchev–Trinajstić information content (AvgIpc) is 2.54. The molecule has 2 heterocycles. The fourth-order valence-corrected chi connectivity index (χ4v) is 2.58. The van der Waals surface area contributed by atoms with Gasteiger partial charge in [-0.2, -0.15) is 0 Å². The van der Waals surface area contributed by atoms with Crippen molar-refractivity contribution in [3.63, 3.8) is 0 Å². The van der Waals surface area contributed by atoms with Gasteiger partial charge in [0.1, 0.15) is 0 Å². The smallest absolute Gasteiger partial charge is 0.257 e. The number of amides is 1. The standard InChI is InChI=1S/C15H23FN4O/c1-4-11(2)19-7-9-20(10-8-19)15(21)12-5-6-18-14(17-3)13(12)16/h5-6,11H,4,7-10H2,1-3H3,(H,17,18). The van der Waals surface area contributed by atoms with E-state index in [1.807, 2.05) is 0 Å². The van der Waals surface area contributed by atoms with E-state index in [1.165, 1.54) is 12.3 Å². The molecule has 21 heavy (non-hydrogen) atoms. The Morgan fingerprint density at radius 2 is 2.10 bits per heavy atom. The van der Waals surface area contributed by atoms with E-state index in [0.29, 0.717) is 19.1 Å². The zero-order valence-corrected chi connectivity index (χ0v) is 12.9. The number of halogens is 1. The second-order valence-corrected chi connectivity index (χ2v) is 5.36. The lowest BCUT2D eigenvalue weighted by molar-refractivity contribution is 0.0575. The highest BCUT2D eigenvalue weighted by Crippen LogP contribution is 2.18. The topological polar surface area (TPSA) is 48.5 Å². The van der Waals surface area contributed by atoms with Crippen LogP contribution >= 0.6 is 0 Å². The van der Waals surface area contributed by atoms with Crippen LogP contribution in [-0.2, 0) is 0 Å². The SMILES string of the molecule is CCC(C)N1CCN(C(=O)c2ccnc(NC)c2F)CC1. The van der Waals surface area contributed by atoms with Gasteiger partial charge in [-0.15, -0.1) is 0 Å². The number of piperazine rings is 1. The molecule has 0 aliphatic carbocycles. The Kier molecular flexibility index (Phi) is 5.12. The van der Waals surface area contributed by atoms with E-state index in [-0.39, 0.29) is 17.3 Å². The maximum Gasteiger partial charge on any atom is 0.257 e. The molecule has 1 aliphatic rings. The molecule has 0 spiro atoms. The monoisotopic (exact) mass is 294 g/mol. The fourth-order valence-electron chi connectivity index (χ4n) is 2.58. The summed E-state index contributed by atoms with van der Waals surface area (Å²) in [6.45, 7) is 7.31. The zero-order valence-electron chi connectivity index (χ0n) is 12.9. The van der Waals surface area contributed by atoms with E-state index in [2.05, 4.69) is 29.0 Å². The van der Waals surface area contributed by atoms with Gasteiger partial charge in [-0.05, 0) is 19.4 Å². The lowest BCUT2D eigenvalue weighted by Gasteiger charge is -2.37. The molecule has 1 amide bonds. The first-order chi connectivity index (χ1) is 10.1. The Morgan fingerprint density at radius 1 is 1.43 bits per heavy atom. The quantitative estimate of drug-likeness (QED) is 0.920. The van der Waals surface area contributed by atoms with E-state index in [9.17, 15) is 9.18 Å². The van der Waals surface area contributed by atoms with Crippen molar-refractivity contribution >= 4 is 11.7 Å². The minimum atomic E-state index is -0.575. The van der Waals surface area contributed by atoms with Gasteiger partial charge in [0.05, 0.1) is 5.56 Å². The minimum Gasteiger partial charge on any atom is -0.371 e. The van der Waals surface area contributed by atoms with Gasteiger partial charge in [0.2, 0.25) is 0 Å². The first-order valence-corrected chi connectivity index (χ1v) is 7.44. The third-order valence-electron chi connectivity index (χ3n) is 4.17. The molecule has 1 saturated heterocycles. The summed E-state index contributed by atoms with van der Waals surface area (Å²) in [5.41, 5.74) is 0.0892. The highest BCUT2D eigenvalue weighted by molar-refractivity contribution is 5.95. The van der Waals surface area contributed by atoms with Crippen LogP contribution in [0.3, 0.4) is 0 Å². The molecular weight excluding hydrogens is 271 g/mol. The van der Waals surface area contributed by atoms with Gasteiger partial charge in [-0.3, -0.25) is 9.69 Å². The van der Waals surface area contributed by atoms with Crippen molar-refractivity contribution in [2.45, 2.75) is 26.3 Å². The number of hydrogen-bond acceptors (Lipinski definition) is 4. The van der Waals surface area contributed by atoms with Crippen LogP contribution in [0.1, 0.15) is 30.6 Å². The third-order valence-corrected chi connectivity index (χ3v) is 4.17. The molecule has 116 valence electrons. The van der Waals surface area contributed by atoms with Crippen molar-refractivity contribution in [2.75, 3.05) is 38.5 Å². The predicted octanol–water partition coefficient (Wildman–Crippen LogP) is 1.82. The summed E-state index contributed by atoms with van der Waals surface area (Å²) in [5.74, 6) is -0.719. The Hall–Kier alpha value is -1.69. The highest BCUT2D eigenvalue weighted by Gasteiger charge is 2.26. The van der Waals surface area contributed by atoms with Crippen LogP contribution < -0.4 is 5.32 Å². The number of nitrogens with one attached hydrogen (secondary N) is 1. The number of rotatable bonds is 4. The van der Waals surface area contributed by atoms with E-state index in [4.69, 9.17) is 0 Å². The van der Waals surface area contributed by atoms with Crippen LogP contribution in [-0.4, -0.2) is 60.0 Å². The highest BCUT2D eigenvalue weighted by atomic mass is 19.1. The number of pyridine rings is 1.